The normalized spacial score (nSPS) is 6.78. The molecule has 0 aromatic heterocycles. The van der Waals surface area contributed by atoms with Crippen LogP contribution in [0.25, 0.3) is 0 Å². The molecule has 0 fully saturated rings. The molecule has 0 radical (unpaired) electrons. The standard InChI is InChI=1S/C6H7P.2Li/c7-6-4-2-1-3-5-6;;/h1-5H,7H2;;/q;2*+1. The first kappa shape index (κ1) is 12.5. The molecule has 1 aromatic rings. The Morgan fingerprint density at radius 1 is 0.889 bits per heavy atom. The van der Waals surface area contributed by atoms with Gasteiger partial charge in [0.25, 0.3) is 0 Å². The maximum atomic E-state index is 2.63. The second-order valence-electron chi connectivity index (χ2n) is 1.41. The van der Waals surface area contributed by atoms with E-state index in [0.29, 0.717) is 0 Å². The Morgan fingerprint density at radius 2 is 1.33 bits per heavy atom. The van der Waals surface area contributed by atoms with Crippen LogP contribution in [0.5, 0.6) is 0 Å². The van der Waals surface area contributed by atoms with E-state index in [1.165, 1.54) is 5.30 Å². The van der Waals surface area contributed by atoms with Crippen LogP contribution in [0.15, 0.2) is 30.3 Å². The average Bonchev–Trinajstić information content (AvgIpc) is 1.69. The van der Waals surface area contributed by atoms with Gasteiger partial charge >= 0.3 is 37.7 Å². The Kier molecular flexibility index (Phi) is 9.68. The molecule has 0 N–H and O–H groups in total. The van der Waals surface area contributed by atoms with Crippen molar-refractivity contribution in [3.63, 3.8) is 0 Å². The van der Waals surface area contributed by atoms with E-state index < -0.39 is 0 Å². The average molecular weight is 124 g/mol. The molecule has 0 heterocycles. The Balaban J connectivity index is 0. The zero-order chi connectivity index (χ0) is 5.11. The van der Waals surface area contributed by atoms with Gasteiger partial charge in [-0.1, -0.05) is 30.3 Å². The molecule has 0 bridgehead atoms. The van der Waals surface area contributed by atoms with E-state index in [1.54, 1.807) is 0 Å². The first-order valence-corrected chi connectivity index (χ1v) is 2.78. The topological polar surface area (TPSA) is 0 Å². The predicted octanol–water partition coefficient (Wildman–Crippen LogP) is -4.80. The molecule has 1 aromatic carbocycles. The van der Waals surface area contributed by atoms with E-state index in [9.17, 15) is 0 Å². The molecule has 1 unspecified atom stereocenters. The zero-order valence-corrected chi connectivity index (χ0v) is 7.12. The smallest absolute Gasteiger partial charge is 0.106 e. The van der Waals surface area contributed by atoms with Crippen LogP contribution in [0.3, 0.4) is 0 Å². The number of hydrogen-bond acceptors (Lipinski definition) is 0. The number of rotatable bonds is 0. The summed E-state index contributed by atoms with van der Waals surface area (Å²) in [6.07, 6.45) is 0. The molecule has 9 heavy (non-hydrogen) atoms. The molecule has 3 heteroatoms. The van der Waals surface area contributed by atoms with Gasteiger partial charge in [0.1, 0.15) is 0 Å². The fourth-order valence-corrected chi connectivity index (χ4v) is 0.675. The van der Waals surface area contributed by atoms with Gasteiger partial charge in [-0.05, 0) is 5.30 Å². The van der Waals surface area contributed by atoms with E-state index in [4.69, 9.17) is 0 Å². The number of hydrogen-bond donors (Lipinski definition) is 0. The van der Waals surface area contributed by atoms with Crippen LogP contribution in [-0.2, 0) is 0 Å². The van der Waals surface area contributed by atoms with Gasteiger partial charge in [-0.15, -0.1) is 9.24 Å². The van der Waals surface area contributed by atoms with E-state index in [-0.39, 0.29) is 37.7 Å². The van der Waals surface area contributed by atoms with Crippen LogP contribution >= 0.6 is 9.24 Å². The zero-order valence-electron chi connectivity index (χ0n) is 5.96. The molecule has 0 aliphatic heterocycles. The summed E-state index contributed by atoms with van der Waals surface area (Å²) in [7, 11) is 2.63. The van der Waals surface area contributed by atoms with Crippen molar-refractivity contribution >= 4 is 14.5 Å². The summed E-state index contributed by atoms with van der Waals surface area (Å²) >= 11 is 0. The van der Waals surface area contributed by atoms with Gasteiger partial charge in [-0.3, -0.25) is 0 Å². The first-order chi connectivity index (χ1) is 3.39. The van der Waals surface area contributed by atoms with E-state index in [1.807, 2.05) is 30.3 Å². The van der Waals surface area contributed by atoms with E-state index in [0.717, 1.165) is 0 Å². The summed E-state index contributed by atoms with van der Waals surface area (Å²) in [5, 5.41) is 1.24. The maximum absolute atomic E-state index is 2.63. The minimum atomic E-state index is 0. The molecule has 0 aliphatic carbocycles. The van der Waals surface area contributed by atoms with Gasteiger partial charge in [0, 0.05) is 0 Å². The van der Waals surface area contributed by atoms with Gasteiger partial charge in [-0.25, -0.2) is 0 Å². The summed E-state index contributed by atoms with van der Waals surface area (Å²) in [6.45, 7) is 0. The molecule has 36 valence electrons. The third-order valence-electron chi connectivity index (χ3n) is 0.800. The first-order valence-electron chi connectivity index (χ1n) is 2.20. The molecule has 0 amide bonds. The van der Waals surface area contributed by atoms with Crippen LogP contribution in [0.1, 0.15) is 0 Å². The Labute approximate surface area is 82.4 Å². The summed E-state index contributed by atoms with van der Waals surface area (Å²) in [5.41, 5.74) is 0. The second kappa shape index (κ2) is 6.96. The summed E-state index contributed by atoms with van der Waals surface area (Å²) < 4.78 is 0. The van der Waals surface area contributed by atoms with Crippen LogP contribution in [0.4, 0.5) is 0 Å². The summed E-state index contributed by atoms with van der Waals surface area (Å²) in [4.78, 5) is 0. The predicted molar refractivity (Wildman–Crippen MR) is 35.8 cm³/mol. The second-order valence-corrected chi connectivity index (χ2v) is 2.08. The van der Waals surface area contributed by atoms with Gasteiger partial charge in [0.2, 0.25) is 0 Å². The SMILES string of the molecule is Pc1ccccc1.[Li+].[Li+]. The monoisotopic (exact) mass is 124 g/mol. The molecular formula is C6H7Li2P+2. The van der Waals surface area contributed by atoms with Gasteiger partial charge < -0.3 is 0 Å². The van der Waals surface area contributed by atoms with Crippen LogP contribution in [-0.4, -0.2) is 0 Å². The molecule has 0 aliphatic rings. The molecule has 1 atom stereocenters. The molecular weight excluding hydrogens is 117 g/mol. The number of benzene rings is 1. The quantitative estimate of drug-likeness (QED) is 0.240. The van der Waals surface area contributed by atoms with Gasteiger partial charge in [0.05, 0.1) is 0 Å². The third-order valence-corrected chi connectivity index (χ3v) is 1.18. The van der Waals surface area contributed by atoms with Crippen molar-refractivity contribution in [1.82, 2.24) is 0 Å². The molecule has 0 saturated carbocycles. The van der Waals surface area contributed by atoms with Crippen molar-refractivity contribution < 1.29 is 37.7 Å². The third kappa shape index (κ3) is 5.30. The molecule has 1 rings (SSSR count). The van der Waals surface area contributed by atoms with Crippen LogP contribution in [0, 0.1) is 0 Å². The summed E-state index contributed by atoms with van der Waals surface area (Å²) in [6, 6.07) is 10.1. The van der Waals surface area contributed by atoms with Crippen molar-refractivity contribution in [3.8, 4) is 0 Å². The Hall–Kier alpha value is 0.845. The molecule has 0 nitrogen and oxygen atoms in total. The minimum Gasteiger partial charge on any atom is -0.106 e. The molecule has 0 spiro atoms. The van der Waals surface area contributed by atoms with Crippen molar-refractivity contribution in [2.45, 2.75) is 0 Å². The van der Waals surface area contributed by atoms with Crippen molar-refractivity contribution in [3.05, 3.63) is 30.3 Å². The largest absolute Gasteiger partial charge is 1.00 e. The van der Waals surface area contributed by atoms with Crippen LogP contribution in [0.2, 0.25) is 0 Å². The van der Waals surface area contributed by atoms with Crippen molar-refractivity contribution in [1.29, 1.82) is 0 Å². The summed E-state index contributed by atoms with van der Waals surface area (Å²) in [5.74, 6) is 0. The fourth-order valence-electron chi connectivity index (χ4n) is 0.453. The molecule has 0 saturated heterocycles. The minimum absolute atomic E-state index is 0. The van der Waals surface area contributed by atoms with Crippen LogP contribution < -0.4 is 43.0 Å². The fraction of sp³-hybridized carbons (Fsp3) is 0. The van der Waals surface area contributed by atoms with E-state index in [2.05, 4.69) is 9.24 Å². The Morgan fingerprint density at radius 3 is 1.56 bits per heavy atom. The van der Waals surface area contributed by atoms with Gasteiger partial charge in [0.15, 0.2) is 0 Å². The van der Waals surface area contributed by atoms with E-state index >= 15 is 0 Å². The maximum Gasteiger partial charge on any atom is 1.00 e. The Bertz CT molecular complexity index is 141. The van der Waals surface area contributed by atoms with Gasteiger partial charge in [-0.2, -0.15) is 0 Å². The van der Waals surface area contributed by atoms with Crippen molar-refractivity contribution in [2.75, 3.05) is 0 Å². The van der Waals surface area contributed by atoms with Crippen molar-refractivity contribution in [2.24, 2.45) is 0 Å².